The van der Waals surface area contributed by atoms with E-state index in [9.17, 15) is 0 Å². The molecule has 1 saturated heterocycles. The largest absolute Gasteiger partial charge is 0.389 e. The van der Waals surface area contributed by atoms with Gasteiger partial charge in [-0.2, -0.15) is 0 Å². The zero-order chi connectivity index (χ0) is 12.6. The summed E-state index contributed by atoms with van der Waals surface area (Å²) in [4.78, 5) is 5.48. The van der Waals surface area contributed by atoms with E-state index in [-0.39, 0.29) is 12.2 Å². The molecule has 2 aliphatic heterocycles. The second kappa shape index (κ2) is 4.37. The van der Waals surface area contributed by atoms with E-state index in [1.54, 1.807) is 0 Å². The molecule has 0 spiro atoms. The molecule has 2 heterocycles. The van der Waals surface area contributed by atoms with Crippen molar-refractivity contribution in [2.75, 3.05) is 6.61 Å². The summed E-state index contributed by atoms with van der Waals surface area (Å²) in [5.41, 5.74) is 2.09. The summed E-state index contributed by atoms with van der Waals surface area (Å²) in [6, 6.07) is 10.1. The Hall–Kier alpha value is -1.39. The molecule has 3 rings (SSSR count). The molecule has 0 aromatic heterocycles. The van der Waals surface area contributed by atoms with Gasteiger partial charge >= 0.3 is 0 Å². The lowest BCUT2D eigenvalue weighted by atomic mass is 10.0. The molecule has 2 aliphatic rings. The Morgan fingerprint density at radius 3 is 2.61 bits per heavy atom. The second-order valence-corrected chi connectivity index (χ2v) is 5.12. The summed E-state index contributed by atoms with van der Waals surface area (Å²) in [6.07, 6.45) is 0.695. The van der Waals surface area contributed by atoms with Crippen molar-refractivity contribution < 1.29 is 14.3 Å². The minimum Gasteiger partial charge on any atom is -0.389 e. The molecule has 96 valence electrons. The van der Waals surface area contributed by atoms with Crippen LogP contribution < -0.4 is 0 Å². The third-order valence-electron chi connectivity index (χ3n) is 3.24. The molecule has 0 unspecified atom stereocenters. The van der Waals surface area contributed by atoms with Crippen LogP contribution in [0.5, 0.6) is 0 Å². The molecular formula is C14H17NO3. The van der Waals surface area contributed by atoms with Gasteiger partial charge in [-0.1, -0.05) is 35.5 Å². The van der Waals surface area contributed by atoms with E-state index in [1.165, 1.54) is 0 Å². The van der Waals surface area contributed by atoms with Crippen LogP contribution in [0, 0.1) is 0 Å². The summed E-state index contributed by atoms with van der Waals surface area (Å²) in [5, 5.41) is 4.16. The molecule has 1 fully saturated rings. The monoisotopic (exact) mass is 247 g/mol. The van der Waals surface area contributed by atoms with E-state index in [0.717, 1.165) is 17.7 Å². The van der Waals surface area contributed by atoms with Gasteiger partial charge in [-0.25, -0.2) is 0 Å². The van der Waals surface area contributed by atoms with Crippen molar-refractivity contribution in [2.24, 2.45) is 5.16 Å². The predicted octanol–water partition coefficient (Wildman–Crippen LogP) is 2.33. The van der Waals surface area contributed by atoms with E-state index in [4.69, 9.17) is 14.3 Å². The van der Waals surface area contributed by atoms with Crippen LogP contribution in [0.4, 0.5) is 0 Å². The smallest absolute Gasteiger partial charge is 0.163 e. The molecule has 4 heteroatoms. The number of ether oxygens (including phenoxy) is 2. The Balaban J connectivity index is 1.65. The van der Waals surface area contributed by atoms with Gasteiger partial charge in [-0.05, 0) is 19.4 Å². The van der Waals surface area contributed by atoms with E-state index in [1.807, 2.05) is 44.2 Å². The van der Waals surface area contributed by atoms with Crippen LogP contribution >= 0.6 is 0 Å². The number of rotatable bonds is 2. The van der Waals surface area contributed by atoms with Gasteiger partial charge in [-0.15, -0.1) is 0 Å². The average molecular weight is 247 g/mol. The SMILES string of the molecule is CC1(C)OC[C@H]([C@@H]2CC(c3ccccc3)=NO2)O1. The van der Waals surface area contributed by atoms with Crippen LogP contribution in [0.3, 0.4) is 0 Å². The Morgan fingerprint density at radius 1 is 1.17 bits per heavy atom. The van der Waals surface area contributed by atoms with Crippen molar-refractivity contribution in [3.63, 3.8) is 0 Å². The van der Waals surface area contributed by atoms with Crippen molar-refractivity contribution in [2.45, 2.75) is 38.3 Å². The van der Waals surface area contributed by atoms with E-state index >= 15 is 0 Å². The molecule has 1 aromatic carbocycles. The highest BCUT2D eigenvalue weighted by Gasteiger charge is 2.41. The zero-order valence-electron chi connectivity index (χ0n) is 10.6. The van der Waals surface area contributed by atoms with Crippen molar-refractivity contribution in [3.05, 3.63) is 35.9 Å². The van der Waals surface area contributed by atoms with Crippen molar-refractivity contribution in [1.29, 1.82) is 0 Å². The van der Waals surface area contributed by atoms with Gasteiger partial charge in [0.2, 0.25) is 0 Å². The predicted molar refractivity (Wildman–Crippen MR) is 67.4 cm³/mol. The second-order valence-electron chi connectivity index (χ2n) is 5.12. The van der Waals surface area contributed by atoms with Crippen molar-refractivity contribution in [3.8, 4) is 0 Å². The lowest BCUT2D eigenvalue weighted by molar-refractivity contribution is -0.153. The molecule has 0 radical (unpaired) electrons. The first-order valence-electron chi connectivity index (χ1n) is 6.24. The Labute approximate surface area is 107 Å². The average Bonchev–Trinajstić information content (AvgIpc) is 2.96. The standard InChI is InChI=1S/C14H17NO3/c1-14(2)16-9-13(17-14)12-8-11(15-18-12)10-6-4-3-5-7-10/h3-7,12-13H,8-9H2,1-2H3/t12-,13+/m0/s1. The summed E-state index contributed by atoms with van der Waals surface area (Å²) >= 11 is 0. The maximum absolute atomic E-state index is 5.80. The maximum Gasteiger partial charge on any atom is 0.163 e. The normalized spacial score (nSPS) is 30.0. The van der Waals surface area contributed by atoms with E-state index in [2.05, 4.69) is 5.16 Å². The fourth-order valence-corrected chi connectivity index (χ4v) is 2.30. The quantitative estimate of drug-likeness (QED) is 0.805. The first-order valence-corrected chi connectivity index (χ1v) is 6.24. The number of benzene rings is 1. The van der Waals surface area contributed by atoms with Gasteiger partial charge < -0.3 is 14.3 Å². The van der Waals surface area contributed by atoms with Crippen LogP contribution in [0.15, 0.2) is 35.5 Å². The zero-order valence-corrected chi connectivity index (χ0v) is 10.6. The van der Waals surface area contributed by atoms with Crippen LogP contribution in [0.2, 0.25) is 0 Å². The Bertz CT molecular complexity index is 455. The summed E-state index contributed by atoms with van der Waals surface area (Å²) in [6.45, 7) is 4.40. The van der Waals surface area contributed by atoms with Crippen molar-refractivity contribution >= 4 is 5.71 Å². The molecule has 18 heavy (non-hydrogen) atoms. The minimum atomic E-state index is -0.510. The summed E-state index contributed by atoms with van der Waals surface area (Å²) in [5.74, 6) is -0.510. The minimum absolute atomic E-state index is 0.0371. The third-order valence-corrected chi connectivity index (χ3v) is 3.24. The summed E-state index contributed by atoms with van der Waals surface area (Å²) < 4.78 is 11.3. The highest BCUT2D eigenvalue weighted by Crippen LogP contribution is 2.29. The number of oxime groups is 1. The van der Waals surface area contributed by atoms with Gasteiger partial charge in [0.05, 0.1) is 12.3 Å². The van der Waals surface area contributed by atoms with Crippen molar-refractivity contribution in [1.82, 2.24) is 0 Å². The van der Waals surface area contributed by atoms with Crippen LogP contribution in [-0.2, 0) is 14.3 Å². The van der Waals surface area contributed by atoms with Gasteiger partial charge in [0.15, 0.2) is 11.9 Å². The number of hydrogen-bond acceptors (Lipinski definition) is 4. The van der Waals surface area contributed by atoms with Crippen LogP contribution in [0.25, 0.3) is 0 Å². The van der Waals surface area contributed by atoms with E-state index < -0.39 is 5.79 Å². The first-order chi connectivity index (χ1) is 8.64. The topological polar surface area (TPSA) is 40.0 Å². The van der Waals surface area contributed by atoms with Gasteiger partial charge in [0.1, 0.15) is 6.10 Å². The summed E-state index contributed by atoms with van der Waals surface area (Å²) in [7, 11) is 0. The molecule has 2 atom stereocenters. The molecule has 1 aromatic rings. The molecule has 0 saturated carbocycles. The van der Waals surface area contributed by atoms with Gasteiger partial charge in [0.25, 0.3) is 0 Å². The van der Waals surface area contributed by atoms with Gasteiger partial charge in [0, 0.05) is 6.42 Å². The molecule has 4 nitrogen and oxygen atoms in total. The number of hydrogen-bond donors (Lipinski definition) is 0. The highest BCUT2D eigenvalue weighted by atomic mass is 16.8. The van der Waals surface area contributed by atoms with E-state index in [0.29, 0.717) is 6.61 Å². The highest BCUT2D eigenvalue weighted by molar-refractivity contribution is 6.01. The molecule has 0 N–H and O–H groups in total. The van der Waals surface area contributed by atoms with Crippen LogP contribution in [0.1, 0.15) is 25.8 Å². The fraction of sp³-hybridized carbons (Fsp3) is 0.500. The molecule has 0 amide bonds. The first kappa shape index (κ1) is 11.7. The number of nitrogens with zero attached hydrogens (tertiary/aromatic N) is 1. The molecule has 0 bridgehead atoms. The lowest BCUT2D eigenvalue weighted by Gasteiger charge is -2.19. The lowest BCUT2D eigenvalue weighted by Crippen LogP contribution is -2.30. The molecule has 0 aliphatic carbocycles. The molecular weight excluding hydrogens is 230 g/mol. The maximum atomic E-state index is 5.80. The van der Waals surface area contributed by atoms with Crippen LogP contribution in [-0.4, -0.2) is 30.3 Å². The third kappa shape index (κ3) is 2.26. The Kier molecular flexibility index (Phi) is 2.84. The van der Waals surface area contributed by atoms with Gasteiger partial charge in [-0.3, -0.25) is 0 Å². The Morgan fingerprint density at radius 2 is 1.94 bits per heavy atom. The fourth-order valence-electron chi connectivity index (χ4n) is 2.30.